The van der Waals surface area contributed by atoms with Gasteiger partial charge in [-0.15, -0.1) is 0 Å². The Hall–Kier alpha value is -4.93. The zero-order valence-corrected chi connectivity index (χ0v) is 21.1. The third kappa shape index (κ3) is 4.74. The first-order valence-corrected chi connectivity index (χ1v) is 11.9. The van der Waals surface area contributed by atoms with Gasteiger partial charge in [-0.2, -0.15) is 0 Å². The number of aromatic carboxylic acids is 1. The molecule has 0 spiro atoms. The maximum Gasteiger partial charge on any atom is 0.412 e. The second-order valence-electron chi connectivity index (χ2n) is 9.88. The second kappa shape index (κ2) is 9.43. The number of H-pyrrole nitrogens is 1. The molecule has 2 aromatic carbocycles. The Morgan fingerprint density at radius 2 is 1.90 bits per heavy atom. The number of ether oxygens (including phenoxy) is 1. The number of carbonyl (C=O) groups is 2. The standard InChI is InChI=1S/C28H23F2N3O6/c1-28(2,3)39-27(37)32-15-7-6-14(18(29)11-15)13-33-20-12-19(30)16-8-10-38-24(16)22(20)21(23(33)26(35)36)17-5-4-9-31-25(17)34/h4-12H,13H2,1-3H3,(H,31,34)(H,32,37)(H,35,36). The SMILES string of the molecule is CC(C)(C)OC(=O)Nc1ccc(Cn2c(C(=O)O)c(-c3ccc[nH]c3=O)c3c4occc4c(F)cc32)c(F)c1. The lowest BCUT2D eigenvalue weighted by atomic mass is 10.0. The van der Waals surface area contributed by atoms with Gasteiger partial charge in [-0.1, -0.05) is 6.07 Å². The van der Waals surface area contributed by atoms with Crippen LogP contribution < -0.4 is 10.9 Å². The van der Waals surface area contributed by atoms with Crippen LogP contribution in [0.4, 0.5) is 19.3 Å². The van der Waals surface area contributed by atoms with Crippen molar-refractivity contribution in [3.05, 3.63) is 88.2 Å². The fourth-order valence-electron chi connectivity index (χ4n) is 4.52. The number of aromatic nitrogens is 2. The molecule has 11 heteroatoms. The number of nitrogens with zero attached hydrogens (tertiary/aromatic N) is 1. The van der Waals surface area contributed by atoms with Gasteiger partial charge in [0.05, 0.1) is 34.7 Å². The van der Waals surface area contributed by atoms with Gasteiger partial charge in [0.25, 0.3) is 5.56 Å². The van der Waals surface area contributed by atoms with Crippen molar-refractivity contribution in [2.75, 3.05) is 5.32 Å². The highest BCUT2D eigenvalue weighted by Gasteiger charge is 2.29. The summed E-state index contributed by atoms with van der Waals surface area (Å²) in [5, 5.41) is 13.0. The molecule has 0 aliphatic carbocycles. The highest BCUT2D eigenvalue weighted by Crippen LogP contribution is 2.40. The van der Waals surface area contributed by atoms with E-state index in [2.05, 4.69) is 10.3 Å². The average Bonchev–Trinajstić information content (AvgIpc) is 3.44. The second-order valence-corrected chi connectivity index (χ2v) is 9.88. The van der Waals surface area contributed by atoms with Gasteiger partial charge in [0.2, 0.25) is 0 Å². The molecule has 0 unspecified atom stereocenters. The van der Waals surface area contributed by atoms with E-state index in [0.717, 1.165) is 12.1 Å². The molecular weight excluding hydrogens is 512 g/mol. The van der Waals surface area contributed by atoms with Gasteiger partial charge in [-0.05, 0) is 57.2 Å². The van der Waals surface area contributed by atoms with Gasteiger partial charge in [-0.25, -0.2) is 18.4 Å². The molecule has 0 bridgehead atoms. The summed E-state index contributed by atoms with van der Waals surface area (Å²) < 4.78 is 42.2. The molecule has 0 aliphatic rings. The summed E-state index contributed by atoms with van der Waals surface area (Å²) in [7, 11) is 0. The molecular formula is C28H23F2N3O6. The van der Waals surface area contributed by atoms with Crippen LogP contribution in [0.15, 0.2) is 64.1 Å². The van der Waals surface area contributed by atoms with Crippen molar-refractivity contribution in [3.8, 4) is 11.1 Å². The number of aromatic amines is 1. The van der Waals surface area contributed by atoms with Crippen molar-refractivity contribution in [2.24, 2.45) is 0 Å². The largest absolute Gasteiger partial charge is 0.477 e. The third-order valence-corrected chi connectivity index (χ3v) is 6.03. The van der Waals surface area contributed by atoms with Gasteiger partial charge < -0.3 is 23.8 Å². The first kappa shape index (κ1) is 25.7. The highest BCUT2D eigenvalue weighted by atomic mass is 19.1. The number of furan rings is 1. The first-order chi connectivity index (χ1) is 18.4. The molecule has 0 atom stereocenters. The fourth-order valence-corrected chi connectivity index (χ4v) is 4.52. The Bertz CT molecular complexity index is 1830. The summed E-state index contributed by atoms with van der Waals surface area (Å²) in [6.45, 7) is 4.74. The molecule has 5 aromatic rings. The number of amides is 1. The van der Waals surface area contributed by atoms with Crippen molar-refractivity contribution in [2.45, 2.75) is 32.9 Å². The molecule has 39 heavy (non-hydrogen) atoms. The van der Waals surface area contributed by atoms with Crippen molar-refractivity contribution < 1.29 is 32.6 Å². The van der Waals surface area contributed by atoms with E-state index in [4.69, 9.17) is 9.15 Å². The number of fused-ring (bicyclic) bond motifs is 3. The molecule has 0 aliphatic heterocycles. The van der Waals surface area contributed by atoms with Crippen LogP contribution in [0.25, 0.3) is 33.0 Å². The van der Waals surface area contributed by atoms with Gasteiger partial charge in [-0.3, -0.25) is 10.1 Å². The number of carboxylic acids is 1. The topological polar surface area (TPSA) is 127 Å². The summed E-state index contributed by atoms with van der Waals surface area (Å²) in [4.78, 5) is 39.9. The predicted molar refractivity (Wildman–Crippen MR) is 140 cm³/mol. The monoisotopic (exact) mass is 535 g/mol. The zero-order valence-electron chi connectivity index (χ0n) is 21.1. The van der Waals surface area contributed by atoms with Crippen LogP contribution in [0.5, 0.6) is 0 Å². The number of nitrogens with one attached hydrogen (secondary N) is 2. The number of carboxylic acid groups (broad SMARTS) is 1. The quantitative estimate of drug-likeness (QED) is 0.249. The van der Waals surface area contributed by atoms with E-state index in [1.165, 1.54) is 47.4 Å². The Kier molecular flexibility index (Phi) is 6.21. The minimum atomic E-state index is -1.41. The third-order valence-electron chi connectivity index (χ3n) is 6.03. The lowest BCUT2D eigenvalue weighted by Gasteiger charge is -2.19. The fraction of sp³-hybridized carbons (Fsp3) is 0.179. The van der Waals surface area contributed by atoms with Crippen LogP contribution in [0.3, 0.4) is 0 Å². The molecule has 3 N–H and O–H groups in total. The number of hydrogen-bond acceptors (Lipinski definition) is 5. The number of hydrogen-bond donors (Lipinski definition) is 3. The summed E-state index contributed by atoms with van der Waals surface area (Å²) in [5.41, 5.74) is -1.28. The number of pyridine rings is 1. The van der Waals surface area contributed by atoms with Crippen molar-refractivity contribution >= 4 is 39.6 Å². The predicted octanol–water partition coefficient (Wildman–Crippen LogP) is 6.11. The van der Waals surface area contributed by atoms with E-state index in [0.29, 0.717) is 0 Å². The van der Waals surface area contributed by atoms with Crippen molar-refractivity contribution in [1.29, 1.82) is 0 Å². The minimum absolute atomic E-state index is 0.0166. The Morgan fingerprint density at radius 1 is 1.13 bits per heavy atom. The average molecular weight is 536 g/mol. The number of carbonyl (C=O) groups excluding carboxylic acids is 1. The molecule has 3 aromatic heterocycles. The van der Waals surface area contributed by atoms with E-state index in [-0.39, 0.29) is 56.5 Å². The van der Waals surface area contributed by atoms with Crippen LogP contribution >= 0.6 is 0 Å². The summed E-state index contributed by atoms with van der Waals surface area (Å²) >= 11 is 0. The highest BCUT2D eigenvalue weighted by molar-refractivity contribution is 6.17. The molecule has 0 saturated heterocycles. The van der Waals surface area contributed by atoms with Crippen molar-refractivity contribution in [3.63, 3.8) is 0 Å². The molecule has 0 saturated carbocycles. The molecule has 5 rings (SSSR count). The lowest BCUT2D eigenvalue weighted by molar-refractivity contribution is 0.0633. The van der Waals surface area contributed by atoms with E-state index >= 15 is 8.78 Å². The van der Waals surface area contributed by atoms with Crippen LogP contribution in [0, 0.1) is 11.6 Å². The van der Waals surface area contributed by atoms with Gasteiger partial charge in [0.15, 0.2) is 0 Å². The molecule has 1 amide bonds. The van der Waals surface area contributed by atoms with Gasteiger partial charge in [0, 0.05) is 23.0 Å². The Balaban J connectivity index is 1.68. The lowest BCUT2D eigenvalue weighted by Crippen LogP contribution is -2.27. The van der Waals surface area contributed by atoms with Crippen LogP contribution in [0.1, 0.15) is 36.8 Å². The molecule has 0 fully saturated rings. The van der Waals surface area contributed by atoms with Crippen LogP contribution in [-0.4, -0.2) is 32.3 Å². The summed E-state index contributed by atoms with van der Waals surface area (Å²) in [5.74, 6) is -2.83. The number of anilines is 1. The number of halogens is 2. The number of benzene rings is 2. The summed E-state index contributed by atoms with van der Waals surface area (Å²) in [6, 6.07) is 9.39. The number of rotatable bonds is 5. The summed E-state index contributed by atoms with van der Waals surface area (Å²) in [6.07, 6.45) is 1.89. The maximum absolute atomic E-state index is 15.2. The van der Waals surface area contributed by atoms with E-state index in [9.17, 15) is 19.5 Å². The maximum atomic E-state index is 15.2. The van der Waals surface area contributed by atoms with E-state index in [1.807, 2.05) is 0 Å². The molecule has 0 radical (unpaired) electrons. The molecule has 200 valence electrons. The Labute approximate surface area is 219 Å². The van der Waals surface area contributed by atoms with Crippen molar-refractivity contribution in [1.82, 2.24) is 9.55 Å². The van der Waals surface area contributed by atoms with Gasteiger partial charge in [0.1, 0.15) is 28.5 Å². The smallest absolute Gasteiger partial charge is 0.412 e. The first-order valence-electron chi connectivity index (χ1n) is 11.9. The Morgan fingerprint density at radius 3 is 2.56 bits per heavy atom. The minimum Gasteiger partial charge on any atom is -0.477 e. The zero-order chi connectivity index (χ0) is 28.1. The van der Waals surface area contributed by atoms with E-state index < -0.39 is 34.9 Å². The molecule has 9 nitrogen and oxygen atoms in total. The van der Waals surface area contributed by atoms with E-state index in [1.54, 1.807) is 20.8 Å². The normalized spacial score (nSPS) is 11.7. The van der Waals surface area contributed by atoms with Crippen LogP contribution in [-0.2, 0) is 11.3 Å². The molecule has 3 heterocycles. The van der Waals surface area contributed by atoms with Crippen LogP contribution in [0.2, 0.25) is 0 Å². The van der Waals surface area contributed by atoms with Gasteiger partial charge >= 0.3 is 12.1 Å².